The quantitative estimate of drug-likeness (QED) is 0.873. The van der Waals surface area contributed by atoms with Crippen LogP contribution in [0, 0.1) is 6.92 Å². The van der Waals surface area contributed by atoms with Crippen molar-refractivity contribution < 1.29 is 17.7 Å². The van der Waals surface area contributed by atoms with Gasteiger partial charge in [0.1, 0.15) is 12.4 Å². The molecular formula is C14H14O4S. The SMILES string of the molecule is Cc1ccc(COc2ccc(S(=O)(=O)O)cc2)cc1. The van der Waals surface area contributed by atoms with E-state index in [9.17, 15) is 8.42 Å². The molecule has 19 heavy (non-hydrogen) atoms. The Morgan fingerprint density at radius 1 is 1.00 bits per heavy atom. The second-order valence-corrected chi connectivity index (χ2v) is 5.64. The monoisotopic (exact) mass is 278 g/mol. The van der Waals surface area contributed by atoms with E-state index < -0.39 is 10.1 Å². The summed E-state index contributed by atoms with van der Waals surface area (Å²) >= 11 is 0. The van der Waals surface area contributed by atoms with E-state index in [-0.39, 0.29) is 4.90 Å². The summed E-state index contributed by atoms with van der Waals surface area (Å²) in [5.41, 5.74) is 2.21. The first-order chi connectivity index (χ1) is 8.95. The third kappa shape index (κ3) is 3.81. The second kappa shape index (κ2) is 5.42. The van der Waals surface area contributed by atoms with Gasteiger partial charge in [-0.1, -0.05) is 29.8 Å². The first-order valence-corrected chi connectivity index (χ1v) is 7.15. The molecule has 0 saturated heterocycles. The fourth-order valence-electron chi connectivity index (χ4n) is 1.56. The highest BCUT2D eigenvalue weighted by Gasteiger charge is 2.08. The van der Waals surface area contributed by atoms with E-state index in [1.54, 1.807) is 0 Å². The summed E-state index contributed by atoms with van der Waals surface area (Å²) in [5.74, 6) is 0.549. The Morgan fingerprint density at radius 3 is 2.11 bits per heavy atom. The zero-order valence-corrected chi connectivity index (χ0v) is 11.2. The van der Waals surface area contributed by atoms with E-state index in [2.05, 4.69) is 0 Å². The first-order valence-electron chi connectivity index (χ1n) is 5.71. The molecule has 0 aliphatic rings. The number of benzene rings is 2. The van der Waals surface area contributed by atoms with Crippen LogP contribution in [0.15, 0.2) is 53.4 Å². The molecule has 0 aromatic heterocycles. The van der Waals surface area contributed by atoms with Gasteiger partial charge in [0.15, 0.2) is 0 Å². The molecule has 4 nitrogen and oxygen atoms in total. The van der Waals surface area contributed by atoms with Crippen LogP contribution in [0.1, 0.15) is 11.1 Å². The molecule has 0 fully saturated rings. The Bertz CT molecular complexity index is 643. The van der Waals surface area contributed by atoms with E-state index >= 15 is 0 Å². The summed E-state index contributed by atoms with van der Waals surface area (Å²) in [6.07, 6.45) is 0. The van der Waals surface area contributed by atoms with Crippen molar-refractivity contribution in [1.29, 1.82) is 0 Å². The molecule has 0 unspecified atom stereocenters. The summed E-state index contributed by atoms with van der Waals surface area (Å²) in [4.78, 5) is -0.143. The Labute approximate surface area is 112 Å². The Kier molecular flexibility index (Phi) is 3.87. The normalized spacial score (nSPS) is 11.3. The second-order valence-electron chi connectivity index (χ2n) is 4.22. The molecule has 1 N–H and O–H groups in total. The Hall–Kier alpha value is -1.85. The fraction of sp³-hybridized carbons (Fsp3) is 0.143. The van der Waals surface area contributed by atoms with E-state index in [0.29, 0.717) is 12.4 Å². The van der Waals surface area contributed by atoms with Gasteiger partial charge in [-0.15, -0.1) is 0 Å². The Morgan fingerprint density at radius 2 is 1.58 bits per heavy atom. The maximum absolute atomic E-state index is 10.9. The highest BCUT2D eigenvalue weighted by molar-refractivity contribution is 7.85. The molecule has 0 heterocycles. The summed E-state index contributed by atoms with van der Waals surface area (Å²) in [6.45, 7) is 2.42. The average Bonchev–Trinajstić information content (AvgIpc) is 2.37. The average molecular weight is 278 g/mol. The van der Waals surface area contributed by atoms with Crippen LogP contribution in [0.5, 0.6) is 5.75 Å². The molecule has 2 aromatic carbocycles. The summed E-state index contributed by atoms with van der Waals surface area (Å²) in [7, 11) is -4.15. The molecule has 0 saturated carbocycles. The van der Waals surface area contributed by atoms with Crippen LogP contribution in [0.3, 0.4) is 0 Å². The zero-order valence-electron chi connectivity index (χ0n) is 10.4. The maximum atomic E-state index is 10.9. The molecular weight excluding hydrogens is 264 g/mol. The third-order valence-corrected chi connectivity index (χ3v) is 3.52. The lowest BCUT2D eigenvalue weighted by Gasteiger charge is -2.07. The molecule has 2 aromatic rings. The van der Waals surface area contributed by atoms with Gasteiger partial charge in [-0.2, -0.15) is 8.42 Å². The van der Waals surface area contributed by atoms with Crippen molar-refractivity contribution in [3.8, 4) is 5.75 Å². The van der Waals surface area contributed by atoms with Gasteiger partial charge in [0.05, 0.1) is 4.90 Å². The summed E-state index contributed by atoms with van der Waals surface area (Å²) in [5, 5.41) is 0. The molecule has 0 atom stereocenters. The molecule has 0 bridgehead atoms. The highest BCUT2D eigenvalue weighted by atomic mass is 32.2. The van der Waals surface area contributed by atoms with Crippen LogP contribution in [0.25, 0.3) is 0 Å². The van der Waals surface area contributed by atoms with Crippen LogP contribution in [0.4, 0.5) is 0 Å². The van der Waals surface area contributed by atoms with Gasteiger partial charge < -0.3 is 4.74 Å². The van der Waals surface area contributed by atoms with E-state index in [4.69, 9.17) is 9.29 Å². The number of ether oxygens (including phenoxy) is 1. The largest absolute Gasteiger partial charge is 0.489 e. The summed E-state index contributed by atoms with van der Waals surface area (Å²) < 4.78 is 36.1. The topological polar surface area (TPSA) is 63.6 Å². The molecule has 0 amide bonds. The third-order valence-electron chi connectivity index (χ3n) is 2.65. The van der Waals surface area contributed by atoms with Crippen molar-refractivity contribution >= 4 is 10.1 Å². The van der Waals surface area contributed by atoms with Gasteiger partial charge in [-0.25, -0.2) is 0 Å². The van der Waals surface area contributed by atoms with Crippen molar-refractivity contribution in [2.24, 2.45) is 0 Å². The lowest BCUT2D eigenvalue weighted by molar-refractivity contribution is 0.306. The zero-order chi connectivity index (χ0) is 13.9. The lowest BCUT2D eigenvalue weighted by atomic mass is 10.2. The van der Waals surface area contributed by atoms with Gasteiger partial charge in [0, 0.05) is 0 Å². The minimum absolute atomic E-state index is 0.143. The van der Waals surface area contributed by atoms with E-state index in [1.165, 1.54) is 29.8 Å². The van der Waals surface area contributed by atoms with E-state index in [0.717, 1.165) is 5.56 Å². The van der Waals surface area contributed by atoms with E-state index in [1.807, 2.05) is 31.2 Å². The molecule has 0 radical (unpaired) electrons. The van der Waals surface area contributed by atoms with Crippen molar-refractivity contribution in [3.63, 3.8) is 0 Å². The predicted molar refractivity (Wildman–Crippen MR) is 71.8 cm³/mol. The lowest BCUT2D eigenvalue weighted by Crippen LogP contribution is -1.99. The Balaban J connectivity index is 2.02. The number of aryl methyl sites for hydroxylation is 1. The van der Waals surface area contributed by atoms with Crippen LogP contribution >= 0.6 is 0 Å². The van der Waals surface area contributed by atoms with Gasteiger partial charge in [0.25, 0.3) is 10.1 Å². The van der Waals surface area contributed by atoms with Crippen molar-refractivity contribution in [3.05, 3.63) is 59.7 Å². The van der Waals surface area contributed by atoms with Crippen LogP contribution in [0.2, 0.25) is 0 Å². The van der Waals surface area contributed by atoms with Crippen molar-refractivity contribution in [1.82, 2.24) is 0 Å². The van der Waals surface area contributed by atoms with Gasteiger partial charge in [0.2, 0.25) is 0 Å². The van der Waals surface area contributed by atoms with Crippen LogP contribution < -0.4 is 4.74 Å². The smallest absolute Gasteiger partial charge is 0.294 e. The fourth-order valence-corrected chi connectivity index (χ4v) is 2.04. The number of rotatable bonds is 4. The van der Waals surface area contributed by atoms with Crippen molar-refractivity contribution in [2.45, 2.75) is 18.4 Å². The maximum Gasteiger partial charge on any atom is 0.294 e. The first kappa shape index (κ1) is 13.6. The number of hydrogen-bond acceptors (Lipinski definition) is 3. The van der Waals surface area contributed by atoms with Gasteiger partial charge in [-0.05, 0) is 36.8 Å². The van der Waals surface area contributed by atoms with Crippen LogP contribution in [-0.4, -0.2) is 13.0 Å². The minimum Gasteiger partial charge on any atom is -0.489 e. The number of hydrogen-bond donors (Lipinski definition) is 1. The summed E-state index contributed by atoms with van der Waals surface area (Å²) in [6, 6.07) is 13.6. The molecule has 100 valence electrons. The molecule has 0 aliphatic heterocycles. The molecule has 0 spiro atoms. The predicted octanol–water partition coefficient (Wildman–Crippen LogP) is 2.82. The van der Waals surface area contributed by atoms with Gasteiger partial charge in [-0.3, -0.25) is 4.55 Å². The highest BCUT2D eigenvalue weighted by Crippen LogP contribution is 2.17. The molecule has 0 aliphatic carbocycles. The molecule has 5 heteroatoms. The van der Waals surface area contributed by atoms with Gasteiger partial charge >= 0.3 is 0 Å². The molecule has 2 rings (SSSR count). The van der Waals surface area contributed by atoms with Crippen molar-refractivity contribution in [2.75, 3.05) is 0 Å². The van der Waals surface area contributed by atoms with Crippen LogP contribution in [-0.2, 0) is 16.7 Å². The minimum atomic E-state index is -4.15. The standard InChI is InChI=1S/C14H14O4S/c1-11-2-4-12(5-3-11)10-18-13-6-8-14(9-7-13)19(15,16)17/h2-9H,10H2,1H3,(H,15,16,17).